The number of nitrogens with two attached hydrogens (primary N) is 1. The Bertz CT molecular complexity index is 462. The number of nitrogen functional groups attached to an aromatic ring is 1. The van der Waals surface area contributed by atoms with Crippen LogP contribution in [0.1, 0.15) is 0 Å². The number of amides is 1. The Labute approximate surface area is 105 Å². The van der Waals surface area contributed by atoms with Crippen molar-refractivity contribution in [2.24, 2.45) is 0 Å². The molecule has 18 heavy (non-hydrogen) atoms. The third kappa shape index (κ3) is 2.41. The molecule has 0 radical (unpaired) electrons. The van der Waals surface area contributed by atoms with E-state index in [2.05, 4.69) is 15.0 Å². The van der Waals surface area contributed by atoms with Gasteiger partial charge in [-0.25, -0.2) is 0 Å². The number of rotatable bonds is 2. The second-order valence-corrected chi connectivity index (χ2v) is 4.42. The Morgan fingerprint density at radius 1 is 1.22 bits per heavy atom. The molecule has 0 saturated carbocycles. The van der Waals surface area contributed by atoms with E-state index in [4.69, 9.17) is 5.73 Å². The molecule has 1 saturated heterocycles. The fourth-order valence-electron chi connectivity index (χ4n) is 1.64. The highest BCUT2D eigenvalue weighted by atomic mass is 16.2. The van der Waals surface area contributed by atoms with E-state index in [-0.39, 0.29) is 18.4 Å². The number of likely N-dealkylation sites (N-methyl/N-ethyl adjacent to an activating group) is 1. The fourth-order valence-corrected chi connectivity index (χ4v) is 1.64. The van der Waals surface area contributed by atoms with Crippen molar-refractivity contribution in [3.8, 4) is 0 Å². The van der Waals surface area contributed by atoms with Gasteiger partial charge in [0.25, 0.3) is 0 Å². The summed E-state index contributed by atoms with van der Waals surface area (Å²) >= 11 is 0. The first-order chi connectivity index (χ1) is 8.47. The van der Waals surface area contributed by atoms with Gasteiger partial charge in [0, 0.05) is 34.2 Å². The lowest BCUT2D eigenvalue weighted by atomic mass is 10.3. The molecule has 2 rings (SSSR count). The molecule has 2 heterocycles. The van der Waals surface area contributed by atoms with E-state index in [1.54, 1.807) is 16.8 Å². The molecule has 0 atom stereocenters. The van der Waals surface area contributed by atoms with Gasteiger partial charge >= 0.3 is 0 Å². The monoisotopic (exact) mass is 251 g/mol. The molecule has 0 unspecified atom stereocenters. The Morgan fingerprint density at radius 2 is 1.94 bits per heavy atom. The van der Waals surface area contributed by atoms with Crippen LogP contribution in [0.5, 0.6) is 0 Å². The predicted molar refractivity (Wildman–Crippen MR) is 68.4 cm³/mol. The predicted octanol–water partition coefficient (Wildman–Crippen LogP) is -1.20. The zero-order valence-electron chi connectivity index (χ0n) is 10.8. The van der Waals surface area contributed by atoms with Crippen molar-refractivity contribution < 1.29 is 4.79 Å². The molecule has 8 nitrogen and oxygen atoms in total. The minimum Gasteiger partial charge on any atom is -0.368 e. The van der Waals surface area contributed by atoms with E-state index >= 15 is 0 Å². The first kappa shape index (κ1) is 12.3. The Kier molecular flexibility index (Phi) is 3.17. The smallest absolute Gasteiger partial charge is 0.242 e. The summed E-state index contributed by atoms with van der Waals surface area (Å²) in [6.07, 6.45) is 0. The van der Waals surface area contributed by atoms with Crippen LogP contribution in [0.2, 0.25) is 0 Å². The standard InChI is InChI=1S/C10H17N7O/c1-15(2)9-12-8(11)13-10(14-9)17-5-4-16(3)7(18)6-17/h4-6H2,1-3H3,(H2,11,12,13,14). The summed E-state index contributed by atoms with van der Waals surface area (Å²) in [4.78, 5) is 29.3. The average molecular weight is 251 g/mol. The van der Waals surface area contributed by atoms with Crippen LogP contribution < -0.4 is 15.5 Å². The highest BCUT2D eigenvalue weighted by Crippen LogP contribution is 2.15. The summed E-state index contributed by atoms with van der Waals surface area (Å²) < 4.78 is 0. The lowest BCUT2D eigenvalue weighted by Crippen LogP contribution is -2.49. The topological polar surface area (TPSA) is 91.5 Å². The SMILES string of the molecule is CN1CCN(c2nc(N)nc(N(C)C)n2)CC1=O. The van der Waals surface area contributed by atoms with Gasteiger partial charge in [-0.15, -0.1) is 0 Å². The van der Waals surface area contributed by atoms with Crippen molar-refractivity contribution in [1.29, 1.82) is 0 Å². The van der Waals surface area contributed by atoms with Crippen molar-refractivity contribution in [1.82, 2.24) is 19.9 Å². The maximum absolute atomic E-state index is 11.7. The van der Waals surface area contributed by atoms with Gasteiger partial charge in [-0.2, -0.15) is 15.0 Å². The van der Waals surface area contributed by atoms with E-state index in [1.165, 1.54) is 0 Å². The van der Waals surface area contributed by atoms with Crippen molar-refractivity contribution >= 4 is 23.8 Å². The first-order valence-corrected chi connectivity index (χ1v) is 5.65. The normalized spacial score (nSPS) is 16.1. The van der Waals surface area contributed by atoms with E-state index in [0.29, 0.717) is 25.0 Å². The highest BCUT2D eigenvalue weighted by Gasteiger charge is 2.23. The summed E-state index contributed by atoms with van der Waals surface area (Å²) in [6.45, 7) is 1.62. The van der Waals surface area contributed by atoms with Gasteiger partial charge in [0.2, 0.25) is 23.8 Å². The molecule has 8 heteroatoms. The van der Waals surface area contributed by atoms with Crippen LogP contribution in [0.25, 0.3) is 0 Å². The molecular formula is C10H17N7O. The van der Waals surface area contributed by atoms with Crippen molar-refractivity contribution in [2.45, 2.75) is 0 Å². The number of nitrogens with zero attached hydrogens (tertiary/aromatic N) is 6. The van der Waals surface area contributed by atoms with Gasteiger partial charge in [0.15, 0.2) is 0 Å². The van der Waals surface area contributed by atoms with Crippen LogP contribution in [0.15, 0.2) is 0 Å². The van der Waals surface area contributed by atoms with Gasteiger partial charge < -0.3 is 20.4 Å². The molecule has 0 spiro atoms. The number of hydrogen-bond donors (Lipinski definition) is 1. The van der Waals surface area contributed by atoms with Crippen LogP contribution in [0.4, 0.5) is 17.8 Å². The molecule has 1 aromatic heterocycles. The molecule has 2 N–H and O–H groups in total. The van der Waals surface area contributed by atoms with Crippen LogP contribution in [-0.2, 0) is 4.79 Å². The Morgan fingerprint density at radius 3 is 2.56 bits per heavy atom. The number of carbonyl (C=O) groups is 1. The lowest BCUT2D eigenvalue weighted by molar-refractivity contribution is -0.129. The second-order valence-electron chi connectivity index (χ2n) is 4.42. The average Bonchev–Trinajstić information content (AvgIpc) is 2.31. The molecule has 1 amide bonds. The van der Waals surface area contributed by atoms with E-state index < -0.39 is 0 Å². The largest absolute Gasteiger partial charge is 0.368 e. The quantitative estimate of drug-likeness (QED) is 0.705. The summed E-state index contributed by atoms with van der Waals surface area (Å²) in [5, 5.41) is 0. The number of anilines is 3. The number of carbonyl (C=O) groups excluding carboxylic acids is 1. The van der Waals surface area contributed by atoms with Crippen LogP contribution in [0.3, 0.4) is 0 Å². The van der Waals surface area contributed by atoms with Gasteiger partial charge in [0.1, 0.15) is 0 Å². The first-order valence-electron chi connectivity index (χ1n) is 5.65. The third-order valence-corrected chi connectivity index (χ3v) is 2.77. The zero-order chi connectivity index (χ0) is 13.3. The maximum atomic E-state index is 11.7. The van der Waals surface area contributed by atoms with E-state index in [0.717, 1.165) is 0 Å². The lowest BCUT2D eigenvalue weighted by Gasteiger charge is -2.32. The molecule has 1 aromatic rings. The van der Waals surface area contributed by atoms with Crippen LogP contribution >= 0.6 is 0 Å². The summed E-state index contributed by atoms with van der Waals surface area (Å²) in [7, 11) is 5.44. The molecule has 0 aliphatic carbocycles. The minimum absolute atomic E-state index is 0.0478. The number of hydrogen-bond acceptors (Lipinski definition) is 7. The molecule has 0 bridgehead atoms. The highest BCUT2D eigenvalue weighted by molar-refractivity contribution is 5.82. The summed E-state index contributed by atoms with van der Waals surface area (Å²) in [5.74, 6) is 1.15. The van der Waals surface area contributed by atoms with Gasteiger partial charge in [0.05, 0.1) is 6.54 Å². The Hall–Kier alpha value is -2.12. The zero-order valence-corrected chi connectivity index (χ0v) is 10.8. The van der Waals surface area contributed by atoms with Crippen LogP contribution in [-0.4, -0.2) is 66.5 Å². The summed E-state index contributed by atoms with van der Waals surface area (Å²) in [5.41, 5.74) is 5.65. The van der Waals surface area contributed by atoms with E-state index in [1.807, 2.05) is 19.0 Å². The summed E-state index contributed by atoms with van der Waals surface area (Å²) in [6, 6.07) is 0. The van der Waals surface area contributed by atoms with E-state index in [9.17, 15) is 4.79 Å². The molecule has 1 aliphatic rings. The van der Waals surface area contributed by atoms with Gasteiger partial charge in [-0.3, -0.25) is 4.79 Å². The maximum Gasteiger partial charge on any atom is 0.242 e. The molecular weight excluding hydrogens is 234 g/mol. The molecule has 1 aliphatic heterocycles. The third-order valence-electron chi connectivity index (χ3n) is 2.77. The number of aromatic nitrogens is 3. The number of piperazine rings is 1. The molecule has 1 fully saturated rings. The minimum atomic E-state index is 0.0478. The van der Waals surface area contributed by atoms with Gasteiger partial charge in [-0.1, -0.05) is 0 Å². The molecule has 0 aromatic carbocycles. The fraction of sp³-hybridized carbons (Fsp3) is 0.600. The van der Waals surface area contributed by atoms with Crippen molar-refractivity contribution in [3.05, 3.63) is 0 Å². The Balaban J connectivity index is 2.25. The van der Waals surface area contributed by atoms with Crippen molar-refractivity contribution in [2.75, 3.05) is 56.3 Å². The van der Waals surface area contributed by atoms with Crippen LogP contribution in [0, 0.1) is 0 Å². The van der Waals surface area contributed by atoms with Gasteiger partial charge in [-0.05, 0) is 0 Å². The second kappa shape index (κ2) is 4.63. The van der Waals surface area contributed by atoms with Crippen molar-refractivity contribution in [3.63, 3.8) is 0 Å². The molecule has 98 valence electrons.